The minimum absolute atomic E-state index is 0.111. The van der Waals surface area contributed by atoms with E-state index < -0.39 is 5.97 Å². The third-order valence-corrected chi connectivity index (χ3v) is 2.30. The Morgan fingerprint density at radius 3 is 2.69 bits per heavy atom. The van der Waals surface area contributed by atoms with E-state index in [1.165, 1.54) is 0 Å². The Bertz CT molecular complexity index is 180. The van der Waals surface area contributed by atoms with Crippen LogP contribution in [0.5, 0.6) is 0 Å². The SMILES string of the molecule is COC(C)CN(CC(=O)O)C1CC1. The quantitative estimate of drug-likeness (QED) is 0.660. The molecule has 0 bridgehead atoms. The van der Waals surface area contributed by atoms with Gasteiger partial charge in [-0.2, -0.15) is 0 Å². The molecule has 0 spiro atoms. The van der Waals surface area contributed by atoms with Gasteiger partial charge in [-0.1, -0.05) is 0 Å². The Hall–Kier alpha value is -0.610. The largest absolute Gasteiger partial charge is 0.480 e. The molecule has 13 heavy (non-hydrogen) atoms. The predicted molar refractivity (Wildman–Crippen MR) is 48.7 cm³/mol. The van der Waals surface area contributed by atoms with Crippen LogP contribution < -0.4 is 0 Å². The maximum absolute atomic E-state index is 10.5. The molecule has 1 aliphatic carbocycles. The average Bonchev–Trinajstić information content (AvgIpc) is 2.84. The molecule has 1 rings (SSSR count). The first-order valence-corrected chi connectivity index (χ1v) is 4.62. The maximum atomic E-state index is 10.5. The molecule has 1 fully saturated rings. The highest BCUT2D eigenvalue weighted by Crippen LogP contribution is 2.26. The van der Waals surface area contributed by atoms with Gasteiger partial charge in [-0.05, 0) is 19.8 Å². The number of hydrogen-bond acceptors (Lipinski definition) is 3. The van der Waals surface area contributed by atoms with E-state index in [0.717, 1.165) is 12.8 Å². The van der Waals surface area contributed by atoms with Crippen molar-refractivity contribution in [2.75, 3.05) is 20.2 Å². The molecule has 1 saturated carbocycles. The second kappa shape index (κ2) is 4.58. The van der Waals surface area contributed by atoms with Crippen molar-refractivity contribution in [3.8, 4) is 0 Å². The van der Waals surface area contributed by atoms with Crippen molar-refractivity contribution in [1.29, 1.82) is 0 Å². The second-order valence-corrected chi connectivity index (χ2v) is 3.60. The van der Waals surface area contributed by atoms with Crippen molar-refractivity contribution in [3.05, 3.63) is 0 Å². The minimum Gasteiger partial charge on any atom is -0.480 e. The first kappa shape index (κ1) is 10.5. The van der Waals surface area contributed by atoms with E-state index in [9.17, 15) is 4.79 Å². The maximum Gasteiger partial charge on any atom is 0.317 e. The van der Waals surface area contributed by atoms with Crippen LogP contribution in [0.1, 0.15) is 19.8 Å². The van der Waals surface area contributed by atoms with Crippen molar-refractivity contribution >= 4 is 5.97 Å². The fraction of sp³-hybridized carbons (Fsp3) is 0.889. The number of methoxy groups -OCH3 is 1. The number of carboxylic acids is 1. The number of nitrogens with zero attached hydrogens (tertiary/aromatic N) is 1. The van der Waals surface area contributed by atoms with Crippen LogP contribution in [-0.4, -0.2) is 48.3 Å². The van der Waals surface area contributed by atoms with Gasteiger partial charge in [-0.25, -0.2) is 0 Å². The van der Waals surface area contributed by atoms with Gasteiger partial charge in [0.05, 0.1) is 12.6 Å². The molecule has 4 heteroatoms. The first-order valence-electron chi connectivity index (χ1n) is 4.62. The summed E-state index contributed by atoms with van der Waals surface area (Å²) >= 11 is 0. The Labute approximate surface area is 78.5 Å². The summed E-state index contributed by atoms with van der Waals surface area (Å²) in [5.41, 5.74) is 0. The summed E-state index contributed by atoms with van der Waals surface area (Å²) in [6, 6.07) is 0.480. The molecule has 0 aliphatic heterocycles. The van der Waals surface area contributed by atoms with Crippen molar-refractivity contribution in [1.82, 2.24) is 4.90 Å². The van der Waals surface area contributed by atoms with Gasteiger partial charge in [0.1, 0.15) is 0 Å². The van der Waals surface area contributed by atoms with E-state index in [1.54, 1.807) is 7.11 Å². The van der Waals surface area contributed by atoms with Crippen LogP contribution in [0.3, 0.4) is 0 Å². The van der Waals surface area contributed by atoms with E-state index in [0.29, 0.717) is 12.6 Å². The minimum atomic E-state index is -0.754. The molecule has 1 atom stereocenters. The molecule has 0 heterocycles. The smallest absolute Gasteiger partial charge is 0.317 e. The summed E-state index contributed by atoms with van der Waals surface area (Å²) in [6.07, 6.45) is 2.37. The molecule has 0 aromatic heterocycles. The fourth-order valence-corrected chi connectivity index (χ4v) is 1.36. The van der Waals surface area contributed by atoms with E-state index in [2.05, 4.69) is 0 Å². The molecule has 1 aliphatic rings. The van der Waals surface area contributed by atoms with Crippen LogP contribution in [0.25, 0.3) is 0 Å². The lowest BCUT2D eigenvalue weighted by Gasteiger charge is -2.22. The summed E-state index contributed by atoms with van der Waals surface area (Å²) in [6.45, 7) is 2.81. The Morgan fingerprint density at radius 2 is 2.31 bits per heavy atom. The molecular weight excluding hydrogens is 170 g/mol. The summed E-state index contributed by atoms with van der Waals surface area (Å²) in [5.74, 6) is -0.754. The average molecular weight is 187 g/mol. The lowest BCUT2D eigenvalue weighted by atomic mass is 10.3. The van der Waals surface area contributed by atoms with Crippen molar-refractivity contribution in [3.63, 3.8) is 0 Å². The molecule has 0 radical (unpaired) electrons. The van der Waals surface area contributed by atoms with Gasteiger partial charge in [0, 0.05) is 19.7 Å². The van der Waals surface area contributed by atoms with E-state index in [1.807, 2.05) is 11.8 Å². The standard InChI is InChI=1S/C9H17NO3/c1-7(13-2)5-10(6-9(11)12)8-3-4-8/h7-8H,3-6H2,1-2H3,(H,11,12). The van der Waals surface area contributed by atoms with Crippen LogP contribution in [0.4, 0.5) is 0 Å². The van der Waals surface area contributed by atoms with E-state index in [-0.39, 0.29) is 12.6 Å². The van der Waals surface area contributed by atoms with Gasteiger partial charge in [0.25, 0.3) is 0 Å². The zero-order chi connectivity index (χ0) is 9.84. The molecule has 4 nitrogen and oxygen atoms in total. The second-order valence-electron chi connectivity index (χ2n) is 3.60. The molecule has 76 valence electrons. The van der Waals surface area contributed by atoms with Crippen LogP contribution in [-0.2, 0) is 9.53 Å². The molecule has 0 aromatic carbocycles. The molecule has 1 N–H and O–H groups in total. The van der Waals surface area contributed by atoms with Gasteiger partial charge >= 0.3 is 5.97 Å². The zero-order valence-corrected chi connectivity index (χ0v) is 8.19. The van der Waals surface area contributed by atoms with Crippen molar-refractivity contribution in [2.24, 2.45) is 0 Å². The van der Waals surface area contributed by atoms with Crippen molar-refractivity contribution in [2.45, 2.75) is 31.9 Å². The summed E-state index contributed by atoms with van der Waals surface area (Å²) < 4.78 is 5.11. The topological polar surface area (TPSA) is 49.8 Å². The number of aliphatic carboxylic acids is 1. The number of carbonyl (C=O) groups is 1. The van der Waals surface area contributed by atoms with Crippen molar-refractivity contribution < 1.29 is 14.6 Å². The van der Waals surface area contributed by atoms with E-state index >= 15 is 0 Å². The Balaban J connectivity index is 2.33. The lowest BCUT2D eigenvalue weighted by molar-refractivity contribution is -0.138. The fourth-order valence-electron chi connectivity index (χ4n) is 1.36. The number of rotatable bonds is 6. The van der Waals surface area contributed by atoms with E-state index in [4.69, 9.17) is 9.84 Å². The van der Waals surface area contributed by atoms with Crippen LogP contribution >= 0.6 is 0 Å². The normalized spacial score (nSPS) is 19.0. The van der Waals surface area contributed by atoms with Gasteiger partial charge < -0.3 is 9.84 Å². The Kier molecular flexibility index (Phi) is 3.69. The predicted octanol–water partition coefficient (Wildman–Crippen LogP) is 0.570. The van der Waals surface area contributed by atoms with Gasteiger partial charge in [0.2, 0.25) is 0 Å². The van der Waals surface area contributed by atoms with Crippen LogP contribution in [0.15, 0.2) is 0 Å². The molecule has 0 aromatic rings. The van der Waals surface area contributed by atoms with Gasteiger partial charge in [-0.15, -0.1) is 0 Å². The third kappa shape index (κ3) is 3.74. The summed E-state index contributed by atoms with van der Waals surface area (Å²) in [4.78, 5) is 12.5. The van der Waals surface area contributed by atoms with Crippen LogP contribution in [0, 0.1) is 0 Å². The van der Waals surface area contributed by atoms with Gasteiger partial charge in [0.15, 0.2) is 0 Å². The summed E-state index contributed by atoms with van der Waals surface area (Å²) in [5, 5.41) is 8.66. The molecule has 0 amide bonds. The highest BCUT2D eigenvalue weighted by atomic mass is 16.5. The first-order chi connectivity index (χ1) is 6.13. The number of hydrogen-bond donors (Lipinski definition) is 1. The highest BCUT2D eigenvalue weighted by Gasteiger charge is 2.30. The molecule has 0 saturated heterocycles. The summed E-state index contributed by atoms with van der Waals surface area (Å²) in [7, 11) is 1.65. The lowest BCUT2D eigenvalue weighted by Crippen LogP contribution is -2.37. The Morgan fingerprint density at radius 1 is 1.69 bits per heavy atom. The molecular formula is C9H17NO3. The number of carboxylic acid groups (broad SMARTS) is 1. The monoisotopic (exact) mass is 187 g/mol. The number of ether oxygens (including phenoxy) is 1. The van der Waals surface area contributed by atoms with Crippen LogP contribution in [0.2, 0.25) is 0 Å². The third-order valence-electron chi connectivity index (χ3n) is 2.30. The highest BCUT2D eigenvalue weighted by molar-refractivity contribution is 5.69. The molecule has 1 unspecified atom stereocenters. The zero-order valence-electron chi connectivity index (χ0n) is 8.19. The van der Waals surface area contributed by atoms with Gasteiger partial charge in [-0.3, -0.25) is 9.69 Å².